The summed E-state index contributed by atoms with van der Waals surface area (Å²) in [6, 6.07) is 9.48. The van der Waals surface area contributed by atoms with Gasteiger partial charge < -0.3 is 15.0 Å². The molecule has 2 aromatic carbocycles. The first kappa shape index (κ1) is 29.0. The molecule has 0 aliphatic rings. The molecule has 0 spiro atoms. The molecule has 0 fully saturated rings. The van der Waals surface area contributed by atoms with Crippen molar-refractivity contribution in [2.45, 2.75) is 39.4 Å². The summed E-state index contributed by atoms with van der Waals surface area (Å²) < 4.78 is 32.2. The summed E-state index contributed by atoms with van der Waals surface area (Å²) in [7, 11) is -2.81. The highest BCUT2D eigenvalue weighted by molar-refractivity contribution is 9.10. The maximum atomic E-state index is 13.6. The van der Waals surface area contributed by atoms with Crippen LogP contribution in [0, 0.1) is 10.1 Å². The highest BCUT2D eigenvalue weighted by atomic mass is 79.9. The number of hydrogen-bond donors (Lipinski definition) is 1. The number of benzene rings is 2. The van der Waals surface area contributed by atoms with Gasteiger partial charge in [0.1, 0.15) is 24.0 Å². The van der Waals surface area contributed by atoms with Crippen molar-refractivity contribution in [2.24, 2.45) is 0 Å². The Hall–Kier alpha value is -3.19. The molecule has 0 bridgehead atoms. The topological polar surface area (TPSA) is 139 Å². The van der Waals surface area contributed by atoms with Crippen LogP contribution in [0.4, 0.5) is 11.4 Å². The van der Waals surface area contributed by atoms with Crippen LogP contribution in [0.5, 0.6) is 5.75 Å². The van der Waals surface area contributed by atoms with Crippen LogP contribution in [-0.2, 0) is 26.2 Å². The normalized spacial score (nSPS) is 12.1. The molecule has 0 radical (unpaired) electrons. The first-order valence-corrected chi connectivity index (χ1v) is 13.5. The molecule has 36 heavy (non-hydrogen) atoms. The van der Waals surface area contributed by atoms with Crippen LogP contribution in [0.2, 0.25) is 0 Å². The van der Waals surface area contributed by atoms with Gasteiger partial charge in [-0.25, -0.2) is 8.42 Å². The number of nitro groups is 1. The van der Waals surface area contributed by atoms with Gasteiger partial charge in [-0.15, -0.1) is 0 Å². The predicted molar refractivity (Wildman–Crippen MR) is 139 cm³/mol. The average molecular weight is 585 g/mol. The highest BCUT2D eigenvalue weighted by Gasteiger charge is 2.32. The van der Waals surface area contributed by atoms with Crippen molar-refractivity contribution in [3.8, 4) is 5.75 Å². The number of methoxy groups -OCH3 is 1. The Bertz CT molecular complexity index is 1240. The Morgan fingerprint density at radius 3 is 2.36 bits per heavy atom. The highest BCUT2D eigenvalue weighted by Crippen LogP contribution is 2.34. The zero-order chi connectivity index (χ0) is 27.2. The Labute approximate surface area is 218 Å². The minimum Gasteiger partial charge on any atom is -0.495 e. The van der Waals surface area contributed by atoms with E-state index < -0.39 is 39.3 Å². The summed E-state index contributed by atoms with van der Waals surface area (Å²) in [5, 5.41) is 14.1. The van der Waals surface area contributed by atoms with Gasteiger partial charge in [0.25, 0.3) is 5.69 Å². The van der Waals surface area contributed by atoms with Crippen molar-refractivity contribution in [2.75, 3.05) is 24.2 Å². The first-order valence-electron chi connectivity index (χ1n) is 10.9. The number of halogens is 1. The van der Waals surface area contributed by atoms with E-state index >= 15 is 0 Å². The van der Waals surface area contributed by atoms with Crippen molar-refractivity contribution >= 4 is 49.1 Å². The summed E-state index contributed by atoms with van der Waals surface area (Å²) in [5.74, 6) is -1.06. The van der Waals surface area contributed by atoms with Gasteiger partial charge in [0.15, 0.2) is 0 Å². The van der Waals surface area contributed by atoms with E-state index in [1.54, 1.807) is 39.0 Å². The number of nitrogens with zero attached hydrogens (tertiary/aromatic N) is 3. The van der Waals surface area contributed by atoms with E-state index in [1.165, 1.54) is 24.1 Å². The van der Waals surface area contributed by atoms with E-state index in [2.05, 4.69) is 21.2 Å². The zero-order valence-electron chi connectivity index (χ0n) is 20.6. The third kappa shape index (κ3) is 7.65. The van der Waals surface area contributed by atoms with Gasteiger partial charge in [0.05, 0.1) is 18.3 Å². The average Bonchev–Trinajstić information content (AvgIpc) is 2.78. The first-order chi connectivity index (χ1) is 16.7. The molecule has 2 aromatic rings. The van der Waals surface area contributed by atoms with Gasteiger partial charge in [0, 0.05) is 29.2 Å². The molecule has 2 rings (SSSR count). The molecule has 0 unspecified atom stereocenters. The molecule has 11 nitrogen and oxygen atoms in total. The van der Waals surface area contributed by atoms with E-state index in [-0.39, 0.29) is 29.7 Å². The third-order valence-electron chi connectivity index (χ3n) is 5.16. The fraction of sp³-hybridized carbons (Fsp3) is 0.391. The Balaban J connectivity index is 2.52. The van der Waals surface area contributed by atoms with Gasteiger partial charge >= 0.3 is 0 Å². The number of carbonyl (C=O) groups is 2. The number of anilines is 1. The lowest BCUT2D eigenvalue weighted by Gasteiger charge is -2.32. The van der Waals surface area contributed by atoms with Crippen LogP contribution < -0.4 is 14.4 Å². The molecule has 13 heteroatoms. The maximum Gasteiger partial charge on any atom is 0.271 e. The standard InChI is InChI=1S/C23H29BrN4O7S/c1-15(2)25-23(30)16(3)26(13-17-7-6-8-18(24)11-17)22(29)14-27(36(5,33)34)20-12-19(28(31)32)9-10-21(20)35-4/h6-12,15-16H,13-14H2,1-5H3,(H,25,30)/t16-/m0/s1. The number of non-ortho nitro benzene ring substituents is 1. The van der Waals surface area contributed by atoms with E-state index in [0.717, 1.165) is 21.1 Å². The molecule has 2 amide bonds. The lowest BCUT2D eigenvalue weighted by Crippen LogP contribution is -2.52. The van der Waals surface area contributed by atoms with Crippen molar-refractivity contribution < 1.29 is 27.7 Å². The van der Waals surface area contributed by atoms with Crippen molar-refractivity contribution in [1.82, 2.24) is 10.2 Å². The van der Waals surface area contributed by atoms with Gasteiger partial charge in [-0.2, -0.15) is 0 Å². The van der Waals surface area contributed by atoms with Crippen molar-refractivity contribution in [3.63, 3.8) is 0 Å². The van der Waals surface area contributed by atoms with Gasteiger partial charge in [0.2, 0.25) is 21.8 Å². The molecule has 0 aromatic heterocycles. The summed E-state index contributed by atoms with van der Waals surface area (Å²) in [4.78, 5) is 38.3. The molecule has 0 heterocycles. The largest absolute Gasteiger partial charge is 0.495 e. The summed E-state index contributed by atoms with van der Waals surface area (Å²) in [6.07, 6.45) is 0.881. The molecule has 0 saturated carbocycles. The Morgan fingerprint density at radius 1 is 1.17 bits per heavy atom. The number of ether oxygens (including phenoxy) is 1. The minimum atomic E-state index is -4.09. The summed E-state index contributed by atoms with van der Waals surface area (Å²) >= 11 is 3.38. The lowest BCUT2D eigenvalue weighted by atomic mass is 10.1. The monoisotopic (exact) mass is 584 g/mol. The van der Waals surface area contributed by atoms with E-state index in [1.807, 2.05) is 6.07 Å². The van der Waals surface area contributed by atoms with E-state index in [4.69, 9.17) is 4.74 Å². The molecule has 0 aliphatic heterocycles. The second-order valence-electron chi connectivity index (χ2n) is 8.37. The smallest absolute Gasteiger partial charge is 0.271 e. The van der Waals surface area contributed by atoms with Crippen molar-refractivity contribution in [3.05, 3.63) is 62.6 Å². The fourth-order valence-electron chi connectivity index (χ4n) is 3.40. The summed E-state index contributed by atoms with van der Waals surface area (Å²) in [6.45, 7) is 4.43. The summed E-state index contributed by atoms with van der Waals surface area (Å²) in [5.41, 5.74) is 0.174. The number of nitrogens with one attached hydrogen (secondary N) is 1. The predicted octanol–water partition coefficient (Wildman–Crippen LogP) is 3.07. The van der Waals surface area contributed by atoms with Crippen LogP contribution in [-0.4, -0.2) is 62.0 Å². The molecule has 1 N–H and O–H groups in total. The SMILES string of the molecule is COc1ccc([N+](=O)[O-])cc1N(CC(=O)N(Cc1cccc(Br)c1)[C@@H](C)C(=O)NC(C)C)S(C)(=O)=O. The Kier molecular flexibility index (Phi) is 9.82. The van der Waals surface area contributed by atoms with Crippen LogP contribution in [0.15, 0.2) is 46.9 Å². The molecular formula is C23H29BrN4O7S. The molecule has 1 atom stereocenters. The van der Waals surface area contributed by atoms with Crippen LogP contribution >= 0.6 is 15.9 Å². The third-order valence-corrected chi connectivity index (χ3v) is 6.78. The number of amides is 2. The van der Waals surface area contributed by atoms with Gasteiger partial charge in [-0.3, -0.25) is 24.0 Å². The second kappa shape index (κ2) is 12.2. The zero-order valence-corrected chi connectivity index (χ0v) is 23.0. The number of rotatable bonds is 11. The number of sulfonamides is 1. The molecular weight excluding hydrogens is 556 g/mol. The number of hydrogen-bond acceptors (Lipinski definition) is 7. The van der Waals surface area contributed by atoms with Gasteiger partial charge in [-0.1, -0.05) is 28.1 Å². The van der Waals surface area contributed by atoms with E-state index in [9.17, 15) is 28.1 Å². The van der Waals surface area contributed by atoms with Crippen LogP contribution in [0.25, 0.3) is 0 Å². The van der Waals surface area contributed by atoms with Gasteiger partial charge in [-0.05, 0) is 44.5 Å². The van der Waals surface area contributed by atoms with Crippen LogP contribution in [0.1, 0.15) is 26.3 Å². The van der Waals surface area contributed by atoms with Crippen molar-refractivity contribution in [1.29, 1.82) is 0 Å². The Morgan fingerprint density at radius 2 is 1.83 bits per heavy atom. The number of carbonyl (C=O) groups excluding carboxylic acids is 2. The molecule has 196 valence electrons. The number of nitro benzene ring substituents is 1. The second-order valence-corrected chi connectivity index (χ2v) is 11.2. The minimum absolute atomic E-state index is 0.0224. The van der Waals surface area contributed by atoms with E-state index in [0.29, 0.717) is 5.56 Å². The molecule has 0 aliphatic carbocycles. The van der Waals surface area contributed by atoms with Crippen LogP contribution in [0.3, 0.4) is 0 Å². The fourth-order valence-corrected chi connectivity index (χ4v) is 4.69. The maximum absolute atomic E-state index is 13.6. The lowest BCUT2D eigenvalue weighted by molar-refractivity contribution is -0.384. The molecule has 0 saturated heterocycles. The quantitative estimate of drug-likeness (QED) is 0.316.